The van der Waals surface area contributed by atoms with Crippen LogP contribution in [0.4, 0.5) is 16.2 Å². The monoisotopic (exact) mass is 440 g/mol. The molecule has 0 radical (unpaired) electrons. The van der Waals surface area contributed by atoms with Crippen molar-refractivity contribution in [2.24, 2.45) is 4.99 Å². The van der Waals surface area contributed by atoms with E-state index in [2.05, 4.69) is 0 Å². The molecule has 1 aliphatic heterocycles. The van der Waals surface area contributed by atoms with Gasteiger partial charge in [-0.1, -0.05) is 84.9 Å². The van der Waals surface area contributed by atoms with Crippen molar-refractivity contribution in [3.63, 3.8) is 0 Å². The molecular formula is C27H21ClN2O2. The van der Waals surface area contributed by atoms with Crippen LogP contribution < -0.4 is 4.90 Å². The molecule has 1 N–H and O–H groups in total. The van der Waals surface area contributed by atoms with Crippen molar-refractivity contribution in [1.29, 1.82) is 0 Å². The molecule has 1 unspecified atom stereocenters. The van der Waals surface area contributed by atoms with Crippen molar-refractivity contribution >= 4 is 45.6 Å². The highest BCUT2D eigenvalue weighted by molar-refractivity contribution is 6.19. The number of nitrogens with zero attached hydrogens (tertiary/aromatic N) is 2. The topological polar surface area (TPSA) is 52.9 Å². The first-order valence-electron chi connectivity index (χ1n) is 10.5. The highest BCUT2D eigenvalue weighted by Crippen LogP contribution is 2.45. The molecule has 0 saturated heterocycles. The highest BCUT2D eigenvalue weighted by atomic mass is 35.5. The summed E-state index contributed by atoms with van der Waals surface area (Å²) in [5.41, 5.74) is 5.22. The van der Waals surface area contributed by atoms with Gasteiger partial charge in [-0.15, -0.1) is 11.6 Å². The SMILES string of the molecule is O=C(O)N1CC(CCl)c2c1cc(N=C(c1ccccc1)c1ccccc1)c1ccccc21. The maximum Gasteiger partial charge on any atom is 0.411 e. The lowest BCUT2D eigenvalue weighted by molar-refractivity contribution is 0.202. The summed E-state index contributed by atoms with van der Waals surface area (Å²) in [7, 11) is 0. The van der Waals surface area contributed by atoms with Gasteiger partial charge in [-0.2, -0.15) is 0 Å². The second-order valence-electron chi connectivity index (χ2n) is 7.81. The van der Waals surface area contributed by atoms with Gasteiger partial charge in [0.25, 0.3) is 0 Å². The number of carboxylic acid groups (broad SMARTS) is 1. The third-order valence-electron chi connectivity index (χ3n) is 5.89. The lowest BCUT2D eigenvalue weighted by atomic mass is 9.94. The Morgan fingerprint density at radius 3 is 2.03 bits per heavy atom. The zero-order chi connectivity index (χ0) is 22.1. The molecule has 0 spiro atoms. The molecule has 0 fully saturated rings. The standard InChI is InChI=1S/C27H21ClN2O2/c28-16-20-17-30(27(31)32)24-15-23(21-13-7-8-14-22(21)25(20)24)29-26(18-9-3-1-4-10-18)19-11-5-2-6-12-19/h1-15,20H,16-17H2,(H,31,32). The van der Waals surface area contributed by atoms with Crippen molar-refractivity contribution in [2.75, 3.05) is 17.3 Å². The first-order valence-corrected chi connectivity index (χ1v) is 11.0. The van der Waals surface area contributed by atoms with Crippen molar-refractivity contribution in [3.8, 4) is 0 Å². The third-order valence-corrected chi connectivity index (χ3v) is 6.26. The summed E-state index contributed by atoms with van der Waals surface area (Å²) in [5.74, 6) is 0.316. The number of anilines is 1. The lowest BCUT2D eigenvalue weighted by Crippen LogP contribution is -2.28. The summed E-state index contributed by atoms with van der Waals surface area (Å²) >= 11 is 6.24. The molecule has 0 saturated carbocycles. The number of aliphatic imine (C=N–C) groups is 1. The van der Waals surface area contributed by atoms with Crippen molar-refractivity contribution in [3.05, 3.63) is 108 Å². The molecule has 0 bridgehead atoms. The second kappa shape index (κ2) is 8.48. The van der Waals surface area contributed by atoms with Crippen LogP contribution in [0.15, 0.2) is 96.0 Å². The summed E-state index contributed by atoms with van der Waals surface area (Å²) in [6.45, 7) is 0.357. The van der Waals surface area contributed by atoms with E-state index in [1.54, 1.807) is 0 Å². The van der Waals surface area contributed by atoms with E-state index in [1.807, 2.05) is 91.0 Å². The van der Waals surface area contributed by atoms with Gasteiger partial charge in [-0.05, 0) is 17.0 Å². The third kappa shape index (κ3) is 3.53. The Kier molecular flexibility index (Phi) is 5.38. The Morgan fingerprint density at radius 1 is 0.906 bits per heavy atom. The zero-order valence-corrected chi connectivity index (χ0v) is 18.0. The molecule has 1 amide bonds. The van der Waals surface area contributed by atoms with Crippen LogP contribution in [0.3, 0.4) is 0 Å². The van der Waals surface area contributed by atoms with Gasteiger partial charge in [-0.3, -0.25) is 4.90 Å². The number of rotatable bonds is 4. The van der Waals surface area contributed by atoms with Crippen molar-refractivity contribution in [2.45, 2.75) is 5.92 Å². The number of fused-ring (bicyclic) bond motifs is 3. The van der Waals surface area contributed by atoms with Crippen LogP contribution in [0.25, 0.3) is 10.8 Å². The van der Waals surface area contributed by atoms with Crippen molar-refractivity contribution < 1.29 is 9.90 Å². The fourth-order valence-electron chi connectivity index (χ4n) is 4.43. The second-order valence-corrected chi connectivity index (χ2v) is 8.12. The number of alkyl halides is 1. The Hall–Kier alpha value is -3.63. The van der Waals surface area contributed by atoms with Crippen LogP contribution in [-0.2, 0) is 0 Å². The number of hydrogen-bond acceptors (Lipinski definition) is 2. The van der Waals surface area contributed by atoms with Crippen LogP contribution in [-0.4, -0.2) is 29.3 Å². The van der Waals surface area contributed by atoms with Gasteiger partial charge in [0.05, 0.1) is 17.1 Å². The van der Waals surface area contributed by atoms with Gasteiger partial charge in [-0.25, -0.2) is 9.79 Å². The Labute approximate surface area is 191 Å². The normalized spacial score (nSPS) is 14.9. The molecule has 1 aliphatic rings. The van der Waals surface area contributed by atoms with E-state index < -0.39 is 6.09 Å². The fraction of sp³-hybridized carbons (Fsp3) is 0.111. The van der Waals surface area contributed by atoms with E-state index in [1.165, 1.54) is 4.90 Å². The zero-order valence-electron chi connectivity index (χ0n) is 17.3. The van der Waals surface area contributed by atoms with Crippen LogP contribution in [0.5, 0.6) is 0 Å². The average molecular weight is 441 g/mol. The van der Waals surface area contributed by atoms with E-state index in [4.69, 9.17) is 16.6 Å². The summed E-state index contributed by atoms with van der Waals surface area (Å²) in [4.78, 5) is 18.5. The molecule has 0 aliphatic carbocycles. The van der Waals surface area contributed by atoms with Gasteiger partial charge in [0.1, 0.15) is 0 Å². The fourth-order valence-corrected chi connectivity index (χ4v) is 4.69. The van der Waals surface area contributed by atoms with E-state index in [0.717, 1.165) is 38.9 Å². The van der Waals surface area contributed by atoms with Crippen LogP contribution in [0.2, 0.25) is 0 Å². The molecule has 0 aromatic heterocycles. The molecule has 4 nitrogen and oxygen atoms in total. The minimum atomic E-state index is -0.976. The Morgan fingerprint density at radius 2 is 1.47 bits per heavy atom. The predicted octanol–water partition coefficient (Wildman–Crippen LogP) is 6.83. The van der Waals surface area contributed by atoms with Gasteiger partial charge in [0, 0.05) is 34.9 Å². The molecule has 5 heteroatoms. The van der Waals surface area contributed by atoms with Crippen LogP contribution >= 0.6 is 11.6 Å². The first-order chi connectivity index (χ1) is 15.7. The van der Waals surface area contributed by atoms with Crippen LogP contribution in [0, 0.1) is 0 Å². The van der Waals surface area contributed by atoms with Crippen molar-refractivity contribution in [1.82, 2.24) is 0 Å². The summed E-state index contributed by atoms with van der Waals surface area (Å²) in [6.07, 6.45) is -0.976. The molecule has 5 rings (SSSR count). The largest absolute Gasteiger partial charge is 0.465 e. The Bertz CT molecular complexity index is 1280. The molecule has 4 aromatic carbocycles. The van der Waals surface area contributed by atoms with E-state index in [9.17, 15) is 9.90 Å². The summed E-state index contributed by atoms with van der Waals surface area (Å²) < 4.78 is 0. The predicted molar refractivity (Wildman–Crippen MR) is 131 cm³/mol. The lowest BCUT2D eigenvalue weighted by Gasteiger charge is -2.16. The maximum atomic E-state index is 12.0. The highest BCUT2D eigenvalue weighted by Gasteiger charge is 2.34. The van der Waals surface area contributed by atoms with E-state index in [0.29, 0.717) is 18.1 Å². The quantitative estimate of drug-likeness (QED) is 0.279. The first kappa shape index (κ1) is 20.3. The number of amides is 1. The minimum Gasteiger partial charge on any atom is -0.465 e. The van der Waals surface area contributed by atoms with E-state index in [-0.39, 0.29) is 5.92 Å². The van der Waals surface area contributed by atoms with Gasteiger partial charge < -0.3 is 5.11 Å². The average Bonchev–Trinajstić information content (AvgIpc) is 3.23. The minimum absolute atomic E-state index is 0.0478. The number of carbonyl (C=O) groups is 1. The molecule has 4 aromatic rings. The van der Waals surface area contributed by atoms with Crippen LogP contribution in [0.1, 0.15) is 22.6 Å². The number of hydrogen-bond donors (Lipinski definition) is 1. The Balaban J connectivity index is 1.80. The van der Waals surface area contributed by atoms with Gasteiger partial charge in [0.15, 0.2) is 0 Å². The molecule has 1 heterocycles. The summed E-state index contributed by atoms with van der Waals surface area (Å²) in [6, 6.07) is 30.0. The van der Waals surface area contributed by atoms with E-state index >= 15 is 0 Å². The number of benzene rings is 4. The molecule has 158 valence electrons. The molecule has 1 atom stereocenters. The molecule has 32 heavy (non-hydrogen) atoms. The smallest absolute Gasteiger partial charge is 0.411 e. The van der Waals surface area contributed by atoms with Gasteiger partial charge in [0.2, 0.25) is 0 Å². The maximum absolute atomic E-state index is 12.0. The molecular weight excluding hydrogens is 420 g/mol. The number of halogens is 1. The van der Waals surface area contributed by atoms with Gasteiger partial charge >= 0.3 is 6.09 Å². The summed E-state index contributed by atoms with van der Waals surface area (Å²) in [5, 5.41) is 11.8.